The van der Waals surface area contributed by atoms with Gasteiger partial charge in [-0.1, -0.05) is 55.5 Å². The molecule has 1 N–H and O–H groups in total. The molecule has 4 rings (SSSR count). The number of para-hydroxylation sites is 1. The first-order valence-corrected chi connectivity index (χ1v) is 11.2. The van der Waals surface area contributed by atoms with Crippen molar-refractivity contribution in [3.8, 4) is 0 Å². The van der Waals surface area contributed by atoms with E-state index in [0.717, 1.165) is 42.0 Å². The smallest absolute Gasteiger partial charge is 0.258 e. The predicted octanol–water partition coefficient (Wildman–Crippen LogP) is 3.62. The van der Waals surface area contributed by atoms with Crippen molar-refractivity contribution in [3.05, 3.63) is 92.7 Å². The Hall–Kier alpha value is -3.25. The van der Waals surface area contributed by atoms with E-state index < -0.39 is 0 Å². The topological polar surface area (TPSA) is 67.2 Å². The SMILES string of the molecule is CCc1nc2c(c(=O)n1CC(=O)Nc1c(C)cccc1C)CN(Cc1ccccc1)CC2. The van der Waals surface area contributed by atoms with E-state index >= 15 is 0 Å². The van der Waals surface area contributed by atoms with Gasteiger partial charge in [-0.3, -0.25) is 19.1 Å². The van der Waals surface area contributed by atoms with Crippen LogP contribution in [0.3, 0.4) is 0 Å². The monoisotopic (exact) mass is 430 g/mol. The number of carbonyl (C=O) groups is 1. The number of benzene rings is 2. The molecule has 0 spiro atoms. The highest BCUT2D eigenvalue weighted by atomic mass is 16.2. The number of nitrogens with zero attached hydrogens (tertiary/aromatic N) is 3. The number of nitrogens with one attached hydrogen (secondary N) is 1. The number of hydrogen-bond acceptors (Lipinski definition) is 4. The molecule has 1 amide bonds. The lowest BCUT2D eigenvalue weighted by molar-refractivity contribution is -0.116. The van der Waals surface area contributed by atoms with E-state index in [-0.39, 0.29) is 18.0 Å². The lowest BCUT2D eigenvalue weighted by Crippen LogP contribution is -2.40. The van der Waals surface area contributed by atoms with Crippen molar-refractivity contribution in [2.24, 2.45) is 0 Å². The summed E-state index contributed by atoms with van der Waals surface area (Å²) >= 11 is 0. The van der Waals surface area contributed by atoms with Crippen molar-refractivity contribution in [2.45, 2.75) is 53.2 Å². The van der Waals surface area contributed by atoms with Crippen molar-refractivity contribution in [3.63, 3.8) is 0 Å². The lowest BCUT2D eigenvalue weighted by atomic mass is 10.1. The molecule has 3 aromatic rings. The maximum atomic E-state index is 13.4. The van der Waals surface area contributed by atoms with Crippen molar-refractivity contribution < 1.29 is 4.79 Å². The molecule has 166 valence electrons. The van der Waals surface area contributed by atoms with E-state index in [4.69, 9.17) is 4.98 Å². The van der Waals surface area contributed by atoms with Crippen molar-refractivity contribution in [1.29, 1.82) is 0 Å². The number of aryl methyl sites for hydroxylation is 3. The Morgan fingerprint density at radius 3 is 2.47 bits per heavy atom. The van der Waals surface area contributed by atoms with Gasteiger partial charge in [0.2, 0.25) is 5.91 Å². The van der Waals surface area contributed by atoms with Crippen LogP contribution in [0.1, 0.15) is 40.7 Å². The van der Waals surface area contributed by atoms with Crippen molar-refractivity contribution in [2.75, 3.05) is 11.9 Å². The van der Waals surface area contributed by atoms with Crippen molar-refractivity contribution in [1.82, 2.24) is 14.5 Å². The van der Waals surface area contributed by atoms with E-state index in [9.17, 15) is 9.59 Å². The average molecular weight is 431 g/mol. The summed E-state index contributed by atoms with van der Waals surface area (Å²) in [6, 6.07) is 16.2. The zero-order valence-electron chi connectivity index (χ0n) is 19.0. The average Bonchev–Trinajstić information content (AvgIpc) is 2.79. The molecule has 0 atom stereocenters. The fourth-order valence-electron chi connectivity index (χ4n) is 4.36. The summed E-state index contributed by atoms with van der Waals surface area (Å²) in [5, 5.41) is 2.99. The lowest BCUT2D eigenvalue weighted by Gasteiger charge is -2.28. The number of hydrogen-bond donors (Lipinski definition) is 1. The molecule has 6 heteroatoms. The fourth-order valence-corrected chi connectivity index (χ4v) is 4.36. The zero-order valence-corrected chi connectivity index (χ0v) is 19.0. The van der Waals surface area contributed by atoms with E-state index in [2.05, 4.69) is 22.3 Å². The first kappa shape index (κ1) is 22.0. The van der Waals surface area contributed by atoms with Crippen LogP contribution in [0.2, 0.25) is 0 Å². The Balaban J connectivity index is 1.57. The second kappa shape index (κ2) is 9.49. The minimum absolute atomic E-state index is 0.0330. The number of fused-ring (bicyclic) bond motifs is 1. The first-order valence-electron chi connectivity index (χ1n) is 11.2. The van der Waals surface area contributed by atoms with Gasteiger partial charge in [-0.2, -0.15) is 0 Å². The molecule has 32 heavy (non-hydrogen) atoms. The van der Waals surface area contributed by atoms with Crippen LogP contribution in [0, 0.1) is 13.8 Å². The van der Waals surface area contributed by atoms with E-state index in [1.807, 2.05) is 57.2 Å². The molecule has 1 aromatic heterocycles. The molecule has 2 heterocycles. The number of amides is 1. The number of rotatable bonds is 6. The van der Waals surface area contributed by atoms with Crippen LogP contribution < -0.4 is 10.9 Å². The summed E-state index contributed by atoms with van der Waals surface area (Å²) in [6.45, 7) is 8.09. The van der Waals surface area contributed by atoms with E-state index in [1.165, 1.54) is 5.56 Å². The third-order valence-corrected chi connectivity index (χ3v) is 6.09. The Bertz CT molecular complexity index is 1160. The molecule has 0 saturated heterocycles. The Labute approximate surface area is 188 Å². The molecule has 1 aliphatic rings. The zero-order chi connectivity index (χ0) is 22.7. The maximum absolute atomic E-state index is 13.4. The normalized spacial score (nSPS) is 13.6. The van der Waals surface area contributed by atoms with E-state index in [0.29, 0.717) is 24.4 Å². The van der Waals surface area contributed by atoms with Gasteiger partial charge in [-0.05, 0) is 30.5 Å². The standard InChI is InChI=1S/C26H30N4O2/c1-4-23-27-22-13-14-29(15-20-11-6-5-7-12-20)16-21(22)26(32)30(23)17-24(31)28-25-18(2)9-8-10-19(25)3/h5-12H,4,13-17H2,1-3H3,(H,28,31). The largest absolute Gasteiger partial charge is 0.324 e. The number of aromatic nitrogens is 2. The van der Waals surface area contributed by atoms with Crippen LogP contribution >= 0.6 is 0 Å². The van der Waals surface area contributed by atoms with Crippen LogP contribution in [0.4, 0.5) is 5.69 Å². The summed E-state index contributed by atoms with van der Waals surface area (Å²) in [7, 11) is 0. The molecule has 0 bridgehead atoms. The predicted molar refractivity (Wildman–Crippen MR) is 127 cm³/mol. The van der Waals surface area contributed by atoms with Gasteiger partial charge in [0.25, 0.3) is 5.56 Å². The Morgan fingerprint density at radius 2 is 1.78 bits per heavy atom. The third-order valence-electron chi connectivity index (χ3n) is 6.09. The van der Waals surface area contributed by atoms with Gasteiger partial charge >= 0.3 is 0 Å². The molecular weight excluding hydrogens is 400 g/mol. The van der Waals surface area contributed by atoms with Crippen LogP contribution in [0.15, 0.2) is 53.3 Å². The van der Waals surface area contributed by atoms with Crippen LogP contribution in [0.5, 0.6) is 0 Å². The van der Waals surface area contributed by atoms with Crippen LogP contribution in [0.25, 0.3) is 0 Å². The summed E-state index contributed by atoms with van der Waals surface area (Å²) in [5.74, 6) is 0.458. The molecule has 0 radical (unpaired) electrons. The van der Waals surface area contributed by atoms with E-state index in [1.54, 1.807) is 4.57 Å². The molecule has 6 nitrogen and oxygen atoms in total. The van der Waals surface area contributed by atoms with Gasteiger partial charge < -0.3 is 5.32 Å². The van der Waals surface area contributed by atoms with Crippen LogP contribution in [-0.4, -0.2) is 26.9 Å². The summed E-state index contributed by atoms with van der Waals surface area (Å²) < 4.78 is 1.55. The molecule has 0 aliphatic carbocycles. The van der Waals surface area contributed by atoms with Gasteiger partial charge in [0.05, 0.1) is 11.3 Å². The maximum Gasteiger partial charge on any atom is 0.258 e. The summed E-state index contributed by atoms with van der Waals surface area (Å²) in [6.07, 6.45) is 1.35. The third kappa shape index (κ3) is 4.65. The highest BCUT2D eigenvalue weighted by Crippen LogP contribution is 2.20. The Morgan fingerprint density at radius 1 is 1.06 bits per heavy atom. The van der Waals surface area contributed by atoms with Gasteiger partial charge in [-0.15, -0.1) is 0 Å². The summed E-state index contributed by atoms with van der Waals surface area (Å²) in [4.78, 5) is 33.4. The van der Waals surface area contributed by atoms with Gasteiger partial charge in [0.15, 0.2) is 0 Å². The minimum Gasteiger partial charge on any atom is -0.324 e. The van der Waals surface area contributed by atoms with Gasteiger partial charge in [0, 0.05) is 38.2 Å². The number of carbonyl (C=O) groups excluding carboxylic acids is 1. The Kier molecular flexibility index (Phi) is 6.51. The molecule has 0 unspecified atom stereocenters. The molecule has 2 aromatic carbocycles. The fraction of sp³-hybridized carbons (Fsp3) is 0.346. The van der Waals surface area contributed by atoms with Crippen LogP contribution in [-0.2, 0) is 37.3 Å². The second-order valence-corrected chi connectivity index (χ2v) is 8.46. The molecular formula is C26H30N4O2. The van der Waals surface area contributed by atoms with Gasteiger partial charge in [0.1, 0.15) is 12.4 Å². The highest BCUT2D eigenvalue weighted by molar-refractivity contribution is 5.92. The summed E-state index contributed by atoms with van der Waals surface area (Å²) in [5.41, 5.74) is 5.53. The number of anilines is 1. The quantitative estimate of drug-likeness (QED) is 0.649. The van der Waals surface area contributed by atoms with Crippen molar-refractivity contribution >= 4 is 11.6 Å². The minimum atomic E-state index is -0.210. The second-order valence-electron chi connectivity index (χ2n) is 8.46. The molecule has 0 saturated carbocycles. The van der Waals surface area contributed by atoms with Gasteiger partial charge in [-0.25, -0.2) is 4.98 Å². The molecule has 0 fully saturated rings. The highest BCUT2D eigenvalue weighted by Gasteiger charge is 2.24. The molecule has 1 aliphatic heterocycles. The first-order chi connectivity index (χ1) is 15.5.